The standard InChI is InChI=1S/C26H39F2NO4/c1-20(11-10-14-21-12-6-5-7-13-21)23(30)17-16-22-19-26(27,28)25(32)29(22)18-9-4-3-8-15-24(31)33-2/h5-7,12-13,20,22-23,30H,3-4,8-11,14-19H2,1-2H3/t20-,22?,23+/m0/s1. The molecule has 0 aliphatic carbocycles. The van der Waals surface area contributed by atoms with Gasteiger partial charge in [-0.3, -0.25) is 9.59 Å². The third kappa shape index (κ3) is 9.03. The molecule has 1 aliphatic rings. The lowest BCUT2D eigenvalue weighted by atomic mass is 9.92. The Bertz CT molecular complexity index is 728. The molecule has 1 unspecified atom stereocenters. The first-order chi connectivity index (χ1) is 15.7. The molecule has 1 heterocycles. The molecule has 1 saturated heterocycles. The van der Waals surface area contributed by atoms with Crippen molar-refractivity contribution in [2.24, 2.45) is 5.92 Å². The van der Waals surface area contributed by atoms with Crippen LogP contribution >= 0.6 is 0 Å². The number of benzene rings is 1. The molecule has 3 atom stereocenters. The Kier molecular flexibility index (Phi) is 11.2. The molecular formula is C26H39F2NO4. The number of amides is 1. The number of aliphatic hydroxyl groups is 1. The summed E-state index contributed by atoms with van der Waals surface area (Å²) in [7, 11) is 1.35. The van der Waals surface area contributed by atoms with Gasteiger partial charge in [0.2, 0.25) is 0 Å². The fourth-order valence-corrected chi connectivity index (χ4v) is 4.53. The number of ether oxygens (including phenoxy) is 1. The predicted octanol–water partition coefficient (Wildman–Crippen LogP) is 5.15. The van der Waals surface area contributed by atoms with E-state index in [1.165, 1.54) is 17.6 Å². The molecule has 1 N–H and O–H groups in total. The highest BCUT2D eigenvalue weighted by molar-refractivity contribution is 5.86. The van der Waals surface area contributed by atoms with E-state index in [1.54, 1.807) is 0 Å². The number of halogens is 2. The zero-order valence-electron chi connectivity index (χ0n) is 20.0. The maximum absolute atomic E-state index is 14.1. The summed E-state index contributed by atoms with van der Waals surface area (Å²) in [6.45, 7) is 2.29. The molecule has 1 aliphatic heterocycles. The van der Waals surface area contributed by atoms with Crippen LogP contribution in [-0.2, 0) is 20.7 Å². The monoisotopic (exact) mass is 467 g/mol. The highest BCUT2D eigenvalue weighted by Crippen LogP contribution is 2.36. The van der Waals surface area contributed by atoms with Crippen LogP contribution in [0.15, 0.2) is 30.3 Å². The number of unbranched alkanes of at least 4 members (excludes halogenated alkanes) is 3. The van der Waals surface area contributed by atoms with Gasteiger partial charge in [0.05, 0.1) is 13.2 Å². The average Bonchev–Trinajstić information content (AvgIpc) is 3.02. The van der Waals surface area contributed by atoms with Gasteiger partial charge >= 0.3 is 11.9 Å². The number of aliphatic hydroxyl groups excluding tert-OH is 1. The smallest absolute Gasteiger partial charge is 0.326 e. The second-order valence-corrected chi connectivity index (χ2v) is 9.30. The van der Waals surface area contributed by atoms with E-state index in [4.69, 9.17) is 0 Å². The van der Waals surface area contributed by atoms with Crippen LogP contribution < -0.4 is 0 Å². The van der Waals surface area contributed by atoms with E-state index < -0.39 is 30.4 Å². The molecule has 1 fully saturated rings. The van der Waals surface area contributed by atoms with Crippen LogP contribution in [0.5, 0.6) is 0 Å². The van der Waals surface area contributed by atoms with E-state index in [2.05, 4.69) is 16.9 Å². The Balaban J connectivity index is 1.73. The van der Waals surface area contributed by atoms with Crippen LogP contribution in [-0.4, -0.2) is 53.6 Å². The largest absolute Gasteiger partial charge is 0.469 e. The van der Waals surface area contributed by atoms with E-state index in [-0.39, 0.29) is 11.9 Å². The molecule has 0 spiro atoms. The van der Waals surface area contributed by atoms with Gasteiger partial charge in [-0.05, 0) is 56.4 Å². The zero-order chi connectivity index (χ0) is 24.3. The molecule has 186 valence electrons. The second kappa shape index (κ2) is 13.6. The number of hydrogen-bond donors (Lipinski definition) is 1. The van der Waals surface area contributed by atoms with Gasteiger partial charge in [0.1, 0.15) is 0 Å². The summed E-state index contributed by atoms with van der Waals surface area (Å²) in [5.74, 6) is -4.58. The van der Waals surface area contributed by atoms with Crippen molar-refractivity contribution >= 4 is 11.9 Å². The van der Waals surface area contributed by atoms with Crippen LogP contribution in [0.2, 0.25) is 0 Å². The first kappa shape index (κ1) is 27.2. The number of aryl methyl sites for hydroxylation is 1. The van der Waals surface area contributed by atoms with Crippen molar-refractivity contribution in [3.8, 4) is 0 Å². The number of esters is 1. The average molecular weight is 468 g/mol. The lowest BCUT2D eigenvalue weighted by Gasteiger charge is -2.26. The van der Waals surface area contributed by atoms with Gasteiger partial charge in [-0.15, -0.1) is 0 Å². The SMILES string of the molecule is COC(=O)CCCCCCN1C(=O)C(F)(F)CC1CC[C@@H](O)[C@@H](C)CCCc1ccccc1. The van der Waals surface area contributed by atoms with Gasteiger partial charge in [0, 0.05) is 25.4 Å². The molecule has 5 nitrogen and oxygen atoms in total. The molecule has 1 aromatic rings. The number of nitrogens with zero attached hydrogens (tertiary/aromatic N) is 1. The highest BCUT2D eigenvalue weighted by Gasteiger charge is 2.52. The molecule has 0 radical (unpaired) electrons. The fourth-order valence-electron chi connectivity index (χ4n) is 4.53. The van der Waals surface area contributed by atoms with Gasteiger partial charge in [0.25, 0.3) is 5.91 Å². The van der Waals surface area contributed by atoms with Crippen LogP contribution in [0, 0.1) is 5.92 Å². The fraction of sp³-hybridized carbons (Fsp3) is 0.692. The second-order valence-electron chi connectivity index (χ2n) is 9.30. The molecule has 33 heavy (non-hydrogen) atoms. The molecule has 7 heteroatoms. The van der Waals surface area contributed by atoms with Crippen LogP contribution in [0.25, 0.3) is 0 Å². The molecule has 0 bridgehead atoms. The summed E-state index contributed by atoms with van der Waals surface area (Å²) in [4.78, 5) is 24.6. The Morgan fingerprint density at radius 1 is 1.15 bits per heavy atom. The van der Waals surface area contributed by atoms with Gasteiger partial charge in [-0.1, -0.05) is 50.1 Å². The number of carbonyl (C=O) groups is 2. The normalized spacial score (nSPS) is 19.5. The molecular weight excluding hydrogens is 428 g/mol. The van der Waals surface area contributed by atoms with Crippen molar-refractivity contribution in [1.29, 1.82) is 0 Å². The number of carbonyl (C=O) groups excluding carboxylic acids is 2. The molecule has 0 aromatic heterocycles. The Morgan fingerprint density at radius 3 is 2.55 bits per heavy atom. The van der Waals surface area contributed by atoms with Crippen LogP contribution in [0.4, 0.5) is 8.78 Å². The highest BCUT2D eigenvalue weighted by atomic mass is 19.3. The molecule has 0 saturated carbocycles. The topological polar surface area (TPSA) is 66.8 Å². The molecule has 1 aromatic carbocycles. The van der Waals surface area contributed by atoms with E-state index in [0.29, 0.717) is 38.6 Å². The number of rotatable bonds is 15. The number of methoxy groups -OCH3 is 1. The first-order valence-corrected chi connectivity index (χ1v) is 12.2. The Morgan fingerprint density at radius 2 is 1.85 bits per heavy atom. The van der Waals surface area contributed by atoms with Gasteiger partial charge in [-0.2, -0.15) is 8.78 Å². The molecule has 2 rings (SSSR count). The minimum absolute atomic E-state index is 0.0783. The van der Waals surface area contributed by atoms with Crippen molar-refractivity contribution < 1.29 is 28.2 Å². The Labute approximate surface area is 196 Å². The van der Waals surface area contributed by atoms with Gasteiger partial charge < -0.3 is 14.7 Å². The van der Waals surface area contributed by atoms with E-state index in [1.807, 2.05) is 25.1 Å². The predicted molar refractivity (Wildman–Crippen MR) is 124 cm³/mol. The van der Waals surface area contributed by atoms with Gasteiger partial charge in [0.15, 0.2) is 0 Å². The molecule has 1 amide bonds. The number of alkyl halides is 2. The number of likely N-dealkylation sites (tertiary alicyclic amines) is 1. The van der Waals surface area contributed by atoms with Crippen molar-refractivity contribution in [3.05, 3.63) is 35.9 Å². The van der Waals surface area contributed by atoms with Crippen molar-refractivity contribution in [3.63, 3.8) is 0 Å². The minimum atomic E-state index is -3.32. The first-order valence-electron chi connectivity index (χ1n) is 12.2. The lowest BCUT2D eigenvalue weighted by Crippen LogP contribution is -2.37. The van der Waals surface area contributed by atoms with Crippen molar-refractivity contribution in [1.82, 2.24) is 4.90 Å². The summed E-state index contributed by atoms with van der Waals surface area (Å²) in [5, 5.41) is 10.6. The van der Waals surface area contributed by atoms with E-state index >= 15 is 0 Å². The lowest BCUT2D eigenvalue weighted by molar-refractivity contribution is -0.148. The maximum Gasteiger partial charge on any atom is 0.326 e. The Hall–Kier alpha value is -2.02. The summed E-state index contributed by atoms with van der Waals surface area (Å²) >= 11 is 0. The third-order valence-corrected chi connectivity index (χ3v) is 6.68. The van der Waals surface area contributed by atoms with Crippen molar-refractivity contribution in [2.75, 3.05) is 13.7 Å². The number of hydrogen-bond acceptors (Lipinski definition) is 4. The van der Waals surface area contributed by atoms with Crippen molar-refractivity contribution in [2.45, 2.75) is 95.6 Å². The third-order valence-electron chi connectivity index (χ3n) is 6.68. The minimum Gasteiger partial charge on any atom is -0.469 e. The van der Waals surface area contributed by atoms with Gasteiger partial charge in [-0.25, -0.2) is 0 Å². The zero-order valence-corrected chi connectivity index (χ0v) is 20.0. The summed E-state index contributed by atoms with van der Waals surface area (Å²) in [5.41, 5.74) is 1.27. The van der Waals surface area contributed by atoms with E-state index in [9.17, 15) is 23.5 Å². The van der Waals surface area contributed by atoms with E-state index in [0.717, 1.165) is 32.1 Å². The van der Waals surface area contributed by atoms with Crippen LogP contribution in [0.3, 0.4) is 0 Å². The quantitative estimate of drug-likeness (QED) is 0.286. The summed E-state index contributed by atoms with van der Waals surface area (Å²) in [6, 6.07) is 9.66. The maximum atomic E-state index is 14.1. The summed E-state index contributed by atoms with van der Waals surface area (Å²) < 4.78 is 32.8. The summed E-state index contributed by atoms with van der Waals surface area (Å²) in [6.07, 6.45) is 5.76. The van der Waals surface area contributed by atoms with Crippen LogP contribution in [0.1, 0.15) is 76.7 Å².